The molecule has 0 unspecified atom stereocenters. The van der Waals surface area contributed by atoms with Crippen LogP contribution < -0.4 is 5.32 Å². The first-order valence-corrected chi connectivity index (χ1v) is 10.5. The van der Waals surface area contributed by atoms with E-state index in [0.29, 0.717) is 36.5 Å². The zero-order chi connectivity index (χ0) is 20.2. The van der Waals surface area contributed by atoms with Crippen molar-refractivity contribution in [3.05, 3.63) is 53.1 Å². The average molecular weight is 396 g/mol. The van der Waals surface area contributed by atoms with Crippen molar-refractivity contribution >= 4 is 15.9 Å². The monoisotopic (exact) mass is 395 g/mol. The Morgan fingerprint density at radius 3 is 2.56 bits per heavy atom. The first-order valence-electron chi connectivity index (χ1n) is 8.85. The highest BCUT2D eigenvalue weighted by molar-refractivity contribution is 7.89. The second kappa shape index (κ2) is 8.67. The second-order valence-corrected chi connectivity index (χ2v) is 8.77. The summed E-state index contributed by atoms with van der Waals surface area (Å²) in [4.78, 5) is 12.5. The number of sulfonamides is 1. The van der Waals surface area contributed by atoms with Crippen LogP contribution in [0.3, 0.4) is 0 Å². The van der Waals surface area contributed by atoms with Crippen LogP contribution in [0.5, 0.6) is 0 Å². The van der Waals surface area contributed by atoms with Crippen LogP contribution in [0.4, 0.5) is 4.39 Å². The Hall–Kier alpha value is -2.19. The smallest absolute Gasteiger partial charge is 0.253 e. The molecule has 0 bridgehead atoms. The first-order chi connectivity index (χ1) is 12.7. The Morgan fingerprint density at radius 2 is 1.93 bits per heavy atom. The molecule has 1 heterocycles. The molecule has 1 N–H and O–H groups in total. The highest BCUT2D eigenvalue weighted by Gasteiger charge is 2.18. The van der Waals surface area contributed by atoms with E-state index in [4.69, 9.17) is 0 Å². The molecule has 1 amide bonds. The maximum Gasteiger partial charge on any atom is 0.253 e. The van der Waals surface area contributed by atoms with E-state index in [1.54, 1.807) is 42.7 Å². The van der Waals surface area contributed by atoms with Crippen molar-refractivity contribution in [2.75, 3.05) is 25.9 Å². The third-order valence-corrected chi connectivity index (χ3v) is 6.41. The van der Waals surface area contributed by atoms with Gasteiger partial charge in [0, 0.05) is 31.5 Å². The fourth-order valence-electron chi connectivity index (χ4n) is 2.95. The summed E-state index contributed by atoms with van der Waals surface area (Å²) in [6.07, 6.45) is 0.507. The maximum absolute atomic E-state index is 14.1. The minimum absolute atomic E-state index is 0.0535. The summed E-state index contributed by atoms with van der Waals surface area (Å²) in [5.74, 6) is -0.559. The van der Waals surface area contributed by atoms with Gasteiger partial charge in [0.1, 0.15) is 5.82 Å². The summed E-state index contributed by atoms with van der Waals surface area (Å²) in [6.45, 7) is 5.88. The van der Waals surface area contributed by atoms with Gasteiger partial charge in [0.15, 0.2) is 0 Å². The van der Waals surface area contributed by atoms with Crippen molar-refractivity contribution in [2.24, 2.45) is 0 Å². The summed E-state index contributed by atoms with van der Waals surface area (Å²) in [5.41, 5.74) is 2.29. The van der Waals surface area contributed by atoms with Crippen LogP contribution in [-0.2, 0) is 10.0 Å². The van der Waals surface area contributed by atoms with Crippen LogP contribution in [0.2, 0.25) is 0 Å². The van der Waals surface area contributed by atoms with Gasteiger partial charge in [-0.15, -0.1) is 0 Å². The predicted molar refractivity (Wildman–Crippen MR) is 104 cm³/mol. The number of hydrogen-bond donors (Lipinski definition) is 1. The maximum atomic E-state index is 14.1. The molecule has 27 heavy (non-hydrogen) atoms. The number of halogens is 1. The van der Waals surface area contributed by atoms with E-state index < -0.39 is 10.0 Å². The van der Waals surface area contributed by atoms with Crippen LogP contribution in [-0.4, -0.2) is 49.1 Å². The highest BCUT2D eigenvalue weighted by atomic mass is 32.2. The van der Waals surface area contributed by atoms with Gasteiger partial charge in [-0.1, -0.05) is 12.1 Å². The lowest BCUT2D eigenvalue weighted by molar-refractivity contribution is 0.0952. The number of nitrogens with zero attached hydrogens (tertiary/aromatic N) is 2. The number of rotatable bonds is 8. The van der Waals surface area contributed by atoms with Gasteiger partial charge in [0.2, 0.25) is 10.0 Å². The minimum Gasteiger partial charge on any atom is -0.352 e. The molecule has 8 heteroatoms. The van der Waals surface area contributed by atoms with Crippen LogP contribution in [0.25, 0.3) is 5.69 Å². The number of amides is 1. The third-order valence-electron chi connectivity index (χ3n) is 4.54. The molecule has 0 aliphatic carbocycles. The lowest BCUT2D eigenvalue weighted by Crippen LogP contribution is -2.32. The summed E-state index contributed by atoms with van der Waals surface area (Å²) >= 11 is 0. The van der Waals surface area contributed by atoms with E-state index in [1.165, 1.54) is 17.4 Å². The van der Waals surface area contributed by atoms with Gasteiger partial charge in [0.25, 0.3) is 5.91 Å². The molecule has 0 atom stereocenters. The number of hydrogen-bond acceptors (Lipinski definition) is 3. The summed E-state index contributed by atoms with van der Waals surface area (Å²) in [5, 5.41) is 2.80. The quantitative estimate of drug-likeness (QED) is 0.699. The van der Waals surface area contributed by atoms with Gasteiger partial charge in [-0.05, 0) is 45.4 Å². The Bertz CT molecular complexity index is 922. The lowest BCUT2D eigenvalue weighted by atomic mass is 10.2. The number of carbonyl (C=O) groups excluding carboxylic acids is 1. The molecule has 0 spiro atoms. The average Bonchev–Trinajstić information content (AvgIpc) is 2.93. The fraction of sp³-hybridized carbons (Fsp3) is 0.421. The molecule has 2 rings (SSSR count). The fourth-order valence-corrected chi connectivity index (χ4v) is 3.80. The van der Waals surface area contributed by atoms with E-state index >= 15 is 0 Å². The molecule has 0 aliphatic heterocycles. The van der Waals surface area contributed by atoms with Crippen LogP contribution in [0.15, 0.2) is 30.3 Å². The van der Waals surface area contributed by atoms with Crippen molar-refractivity contribution in [2.45, 2.75) is 27.2 Å². The molecular formula is C19H26FN3O3S. The minimum atomic E-state index is -3.21. The van der Waals surface area contributed by atoms with Crippen LogP contribution in [0.1, 0.15) is 35.1 Å². The van der Waals surface area contributed by atoms with E-state index in [1.807, 2.05) is 6.92 Å². The molecule has 1 aromatic carbocycles. The van der Waals surface area contributed by atoms with Gasteiger partial charge < -0.3 is 9.88 Å². The molecule has 0 aliphatic rings. The Morgan fingerprint density at radius 1 is 1.26 bits per heavy atom. The Balaban J connectivity index is 2.04. The Labute approximate surface area is 160 Å². The van der Waals surface area contributed by atoms with E-state index in [9.17, 15) is 17.6 Å². The molecule has 0 saturated carbocycles. The Kier molecular flexibility index (Phi) is 6.78. The van der Waals surface area contributed by atoms with Gasteiger partial charge in [-0.25, -0.2) is 17.1 Å². The first kappa shape index (κ1) is 21.1. The van der Waals surface area contributed by atoms with E-state index in [0.717, 1.165) is 5.69 Å². The highest BCUT2D eigenvalue weighted by Crippen LogP contribution is 2.22. The number of aryl methyl sites for hydroxylation is 1. The van der Waals surface area contributed by atoms with E-state index in [-0.39, 0.29) is 17.5 Å². The van der Waals surface area contributed by atoms with Crippen LogP contribution >= 0.6 is 0 Å². The van der Waals surface area contributed by atoms with Gasteiger partial charge in [0.05, 0.1) is 17.0 Å². The molecule has 148 valence electrons. The van der Waals surface area contributed by atoms with Crippen molar-refractivity contribution in [1.29, 1.82) is 0 Å². The van der Waals surface area contributed by atoms with Crippen molar-refractivity contribution in [3.8, 4) is 5.69 Å². The normalized spacial score (nSPS) is 11.8. The standard InChI is InChI=1S/C19H26FN3O3S/c1-5-27(25,26)22(4)12-8-11-21-19(24)16-13-14(2)23(15(16)3)18-10-7-6-9-17(18)20/h6-7,9-10,13H,5,8,11-12H2,1-4H3,(H,21,24). The molecule has 1 aromatic heterocycles. The SMILES string of the molecule is CCS(=O)(=O)N(C)CCCNC(=O)c1cc(C)n(-c2ccccc2F)c1C. The van der Waals surface area contributed by atoms with Crippen molar-refractivity contribution in [1.82, 2.24) is 14.2 Å². The molecule has 0 radical (unpaired) electrons. The zero-order valence-electron chi connectivity index (χ0n) is 16.1. The molecule has 6 nitrogen and oxygen atoms in total. The van der Waals surface area contributed by atoms with Gasteiger partial charge >= 0.3 is 0 Å². The molecule has 0 fully saturated rings. The summed E-state index contributed by atoms with van der Waals surface area (Å²) < 4.78 is 40.5. The van der Waals surface area contributed by atoms with Gasteiger partial charge in [-0.2, -0.15) is 0 Å². The van der Waals surface area contributed by atoms with Crippen molar-refractivity contribution in [3.63, 3.8) is 0 Å². The zero-order valence-corrected chi connectivity index (χ0v) is 16.9. The van der Waals surface area contributed by atoms with Gasteiger partial charge in [-0.3, -0.25) is 4.79 Å². The number of para-hydroxylation sites is 1. The lowest BCUT2D eigenvalue weighted by Gasteiger charge is -2.15. The second-order valence-electron chi connectivity index (χ2n) is 6.40. The molecular weight excluding hydrogens is 369 g/mol. The third kappa shape index (κ3) is 4.75. The number of benzene rings is 1. The summed E-state index contributed by atoms with van der Waals surface area (Å²) in [7, 11) is -1.68. The topological polar surface area (TPSA) is 71.4 Å². The van der Waals surface area contributed by atoms with Crippen molar-refractivity contribution < 1.29 is 17.6 Å². The number of carbonyl (C=O) groups is 1. The molecule has 2 aromatic rings. The van der Waals surface area contributed by atoms with E-state index in [2.05, 4.69) is 5.32 Å². The van der Waals surface area contributed by atoms with Crippen LogP contribution in [0, 0.1) is 19.7 Å². The molecule has 0 saturated heterocycles. The summed E-state index contributed by atoms with van der Waals surface area (Å²) in [6, 6.07) is 8.15. The number of aromatic nitrogens is 1. The largest absolute Gasteiger partial charge is 0.352 e. The predicted octanol–water partition coefficient (Wildman–Crippen LogP) is 2.63. The number of nitrogens with one attached hydrogen (secondary N) is 1.